The normalized spacial score (nSPS) is 16.5. The molecule has 1 fully saturated rings. The lowest BCUT2D eigenvalue weighted by molar-refractivity contribution is 0.369. The van der Waals surface area contributed by atoms with Crippen LogP contribution in [0.5, 0.6) is 0 Å². The van der Waals surface area contributed by atoms with Gasteiger partial charge in [0, 0.05) is 38.8 Å². The highest BCUT2D eigenvalue weighted by Gasteiger charge is 2.30. The maximum Gasteiger partial charge on any atom is 0.318 e. The van der Waals surface area contributed by atoms with Crippen molar-refractivity contribution in [3.63, 3.8) is 0 Å². The van der Waals surface area contributed by atoms with E-state index in [1.807, 2.05) is 11.8 Å². The van der Waals surface area contributed by atoms with E-state index in [-0.39, 0.29) is 15.1 Å². The van der Waals surface area contributed by atoms with Crippen LogP contribution in [0.1, 0.15) is 12.8 Å². The Morgan fingerprint density at radius 2 is 1.92 bits per heavy atom. The summed E-state index contributed by atoms with van der Waals surface area (Å²) >= 11 is 11.6. The molecule has 0 aliphatic carbocycles. The number of hydrogen-bond donors (Lipinski definition) is 0. The van der Waals surface area contributed by atoms with E-state index in [4.69, 9.17) is 27.6 Å². The molecule has 0 saturated carbocycles. The van der Waals surface area contributed by atoms with Crippen LogP contribution < -0.4 is 4.90 Å². The molecule has 1 aliphatic heterocycles. The average Bonchev–Trinajstić information content (AvgIpc) is 3.06. The second-order valence-corrected chi connectivity index (χ2v) is 7.87. The largest absolute Gasteiger partial charge is 0.408 e. The summed E-state index contributed by atoms with van der Waals surface area (Å²) in [6, 6.07) is 1.73. The lowest BCUT2D eigenvalue weighted by Gasteiger charge is -2.32. The third-order valence-corrected chi connectivity index (χ3v) is 6.23. The van der Waals surface area contributed by atoms with Crippen LogP contribution in [0.4, 0.5) is 6.01 Å². The summed E-state index contributed by atoms with van der Waals surface area (Å²) in [6.07, 6.45) is 1.87. The first-order valence-electron chi connectivity index (χ1n) is 7.30. The van der Waals surface area contributed by atoms with Crippen LogP contribution in [0.2, 0.25) is 10.2 Å². The summed E-state index contributed by atoms with van der Waals surface area (Å²) in [5, 5.41) is 8.07. The first-order valence-corrected chi connectivity index (χ1v) is 9.50. The second-order valence-electron chi connectivity index (χ2n) is 5.17. The zero-order valence-corrected chi connectivity index (χ0v) is 15.1. The number of piperazine rings is 1. The maximum absolute atomic E-state index is 12.7. The molecule has 0 unspecified atom stereocenters. The van der Waals surface area contributed by atoms with Gasteiger partial charge in [-0.1, -0.05) is 35.2 Å². The van der Waals surface area contributed by atoms with Crippen molar-refractivity contribution in [2.45, 2.75) is 18.2 Å². The molecule has 1 aliphatic rings. The molecule has 0 spiro atoms. The molecule has 3 rings (SSSR count). The topological polar surface area (TPSA) is 92.4 Å². The van der Waals surface area contributed by atoms with E-state index >= 15 is 0 Å². The molecule has 0 radical (unpaired) electrons. The van der Waals surface area contributed by atoms with Gasteiger partial charge in [0.25, 0.3) is 0 Å². The SMILES string of the molecule is CCc1nnc(N2CCN(S(=O)(=O)c3cnc(Cl)c(Cl)c3)CC2)o1. The first-order chi connectivity index (χ1) is 11.4. The van der Waals surface area contributed by atoms with Crippen LogP contribution in [-0.2, 0) is 16.4 Å². The van der Waals surface area contributed by atoms with E-state index in [1.54, 1.807) is 0 Å². The molecule has 0 bridgehead atoms. The van der Waals surface area contributed by atoms with Crippen molar-refractivity contribution in [3.05, 3.63) is 28.3 Å². The number of aryl methyl sites for hydroxylation is 1. The highest BCUT2D eigenvalue weighted by Crippen LogP contribution is 2.25. The summed E-state index contributed by atoms with van der Waals surface area (Å²) in [5.41, 5.74) is 0. The summed E-state index contributed by atoms with van der Waals surface area (Å²) in [6.45, 7) is 3.44. The average molecular weight is 392 g/mol. The summed E-state index contributed by atoms with van der Waals surface area (Å²) in [7, 11) is -3.67. The van der Waals surface area contributed by atoms with Crippen molar-refractivity contribution >= 4 is 39.2 Å². The third-order valence-electron chi connectivity index (χ3n) is 3.68. The zero-order chi connectivity index (χ0) is 17.3. The van der Waals surface area contributed by atoms with Crippen molar-refractivity contribution in [2.24, 2.45) is 0 Å². The highest BCUT2D eigenvalue weighted by molar-refractivity contribution is 7.89. The van der Waals surface area contributed by atoms with Crippen molar-refractivity contribution in [2.75, 3.05) is 31.1 Å². The van der Waals surface area contributed by atoms with Gasteiger partial charge in [-0.3, -0.25) is 0 Å². The van der Waals surface area contributed by atoms with Crippen LogP contribution in [0.15, 0.2) is 21.6 Å². The second kappa shape index (κ2) is 6.83. The van der Waals surface area contributed by atoms with E-state index in [0.717, 1.165) is 0 Å². The van der Waals surface area contributed by atoms with E-state index < -0.39 is 10.0 Å². The molecule has 1 saturated heterocycles. The van der Waals surface area contributed by atoms with Crippen LogP contribution >= 0.6 is 23.2 Å². The van der Waals surface area contributed by atoms with E-state index in [1.165, 1.54) is 16.6 Å². The van der Waals surface area contributed by atoms with Crippen LogP contribution in [0, 0.1) is 0 Å². The molecule has 0 amide bonds. The minimum Gasteiger partial charge on any atom is -0.408 e. The number of rotatable bonds is 4. The fourth-order valence-corrected chi connectivity index (χ4v) is 4.06. The van der Waals surface area contributed by atoms with Crippen molar-refractivity contribution < 1.29 is 12.8 Å². The minimum absolute atomic E-state index is 0.0245. The van der Waals surface area contributed by atoms with Crippen LogP contribution in [0.25, 0.3) is 0 Å². The Labute approximate surface area is 149 Å². The number of aromatic nitrogens is 3. The number of nitrogens with zero attached hydrogens (tertiary/aromatic N) is 5. The fraction of sp³-hybridized carbons (Fsp3) is 0.462. The van der Waals surface area contributed by atoms with Gasteiger partial charge in [0.2, 0.25) is 15.9 Å². The molecule has 8 nitrogen and oxygen atoms in total. The third kappa shape index (κ3) is 3.34. The van der Waals surface area contributed by atoms with Gasteiger partial charge in [-0.15, -0.1) is 5.10 Å². The Kier molecular flexibility index (Phi) is 4.95. The predicted octanol–water partition coefficient (Wildman–Crippen LogP) is 1.84. The maximum atomic E-state index is 12.7. The quantitative estimate of drug-likeness (QED) is 0.733. The monoisotopic (exact) mass is 391 g/mol. The molecule has 0 aromatic carbocycles. The Morgan fingerprint density at radius 1 is 1.21 bits per heavy atom. The molecule has 0 N–H and O–H groups in total. The van der Waals surface area contributed by atoms with Gasteiger partial charge in [-0.25, -0.2) is 13.4 Å². The lowest BCUT2D eigenvalue weighted by Crippen LogP contribution is -2.48. The van der Waals surface area contributed by atoms with E-state index in [0.29, 0.717) is 44.5 Å². The van der Waals surface area contributed by atoms with Gasteiger partial charge in [0.1, 0.15) is 10.0 Å². The predicted molar refractivity (Wildman–Crippen MR) is 88.9 cm³/mol. The van der Waals surface area contributed by atoms with Gasteiger partial charge >= 0.3 is 6.01 Å². The Morgan fingerprint density at radius 3 is 2.50 bits per heavy atom. The standard InChI is InChI=1S/C13H15Cl2N5O3S/c1-2-11-17-18-13(23-11)19-3-5-20(6-4-19)24(21,22)9-7-10(14)12(15)16-8-9/h7-8H,2-6H2,1H3. The van der Waals surface area contributed by atoms with Crippen molar-refractivity contribution in [3.8, 4) is 0 Å². The molecule has 2 aromatic rings. The molecule has 2 aromatic heterocycles. The molecular formula is C13H15Cl2N5O3S. The number of hydrogen-bond acceptors (Lipinski definition) is 7. The number of pyridine rings is 1. The number of anilines is 1. The van der Waals surface area contributed by atoms with Gasteiger partial charge in [-0.2, -0.15) is 4.31 Å². The number of halogens is 2. The molecule has 130 valence electrons. The van der Waals surface area contributed by atoms with Crippen molar-refractivity contribution in [1.82, 2.24) is 19.5 Å². The van der Waals surface area contributed by atoms with Gasteiger partial charge in [0.15, 0.2) is 0 Å². The van der Waals surface area contributed by atoms with Gasteiger partial charge in [0.05, 0.1) is 5.02 Å². The smallest absolute Gasteiger partial charge is 0.318 e. The zero-order valence-electron chi connectivity index (χ0n) is 12.8. The van der Waals surface area contributed by atoms with Gasteiger partial charge in [-0.05, 0) is 6.07 Å². The molecular weight excluding hydrogens is 377 g/mol. The van der Waals surface area contributed by atoms with Gasteiger partial charge < -0.3 is 9.32 Å². The Balaban J connectivity index is 1.72. The summed E-state index contributed by atoms with van der Waals surface area (Å²) in [4.78, 5) is 5.69. The van der Waals surface area contributed by atoms with Crippen LogP contribution in [-0.4, -0.2) is 54.1 Å². The molecule has 24 heavy (non-hydrogen) atoms. The summed E-state index contributed by atoms with van der Waals surface area (Å²) < 4.78 is 32.2. The fourth-order valence-electron chi connectivity index (χ4n) is 2.33. The summed E-state index contributed by atoms with van der Waals surface area (Å²) in [5.74, 6) is 0.557. The van der Waals surface area contributed by atoms with E-state index in [9.17, 15) is 8.42 Å². The van der Waals surface area contributed by atoms with Crippen LogP contribution in [0.3, 0.4) is 0 Å². The van der Waals surface area contributed by atoms with Crippen molar-refractivity contribution in [1.29, 1.82) is 0 Å². The molecule has 0 atom stereocenters. The first kappa shape index (κ1) is 17.4. The van der Waals surface area contributed by atoms with E-state index in [2.05, 4.69) is 15.2 Å². The Bertz CT molecular complexity index is 834. The molecule has 3 heterocycles. The molecule has 11 heteroatoms. The minimum atomic E-state index is -3.67. The Hall–Kier alpha value is -1.42. The lowest BCUT2D eigenvalue weighted by atomic mass is 10.4. The highest BCUT2D eigenvalue weighted by atomic mass is 35.5. The number of sulfonamides is 1.